The van der Waals surface area contributed by atoms with E-state index in [1.165, 1.54) is 21.5 Å². The Morgan fingerprint density at radius 3 is 2.55 bits per heavy atom. The number of hydrogen-bond acceptors (Lipinski definition) is 5. The maximum Gasteiger partial charge on any atom is 0.224 e. The van der Waals surface area contributed by atoms with Crippen LogP contribution >= 0.6 is 0 Å². The molecule has 1 N–H and O–H groups in total. The number of rotatable bonds is 7. The third-order valence-corrected chi connectivity index (χ3v) is 8.47. The standard InChI is InChI=1S/C34H30N2O4/c1-39-29-17-26-28(35-19-23-7-3-8-24(23)34(26)38)18-30(29)40-16-4-9-31(37)36-27-15-13-22-11-10-20-5-2-6-21-12-14-25(27)33(22)32(20)21/h2,5-6,10-15,17-19,23-24H,3-4,7-9,16H2,1H3,(H,36,37). The van der Waals surface area contributed by atoms with Crippen LogP contribution in [-0.4, -0.2) is 31.6 Å². The van der Waals surface area contributed by atoms with Gasteiger partial charge in [-0.1, -0.05) is 55.0 Å². The third kappa shape index (κ3) is 4.15. The van der Waals surface area contributed by atoms with Crippen LogP contribution in [0.5, 0.6) is 11.5 Å². The smallest absolute Gasteiger partial charge is 0.224 e. The SMILES string of the molecule is COc1cc2c(cc1OCCCC(=O)Nc1ccc3ccc4cccc5ccc1c3c45)N=CC1CCCC1C2=O. The van der Waals surface area contributed by atoms with Crippen LogP contribution in [0.25, 0.3) is 32.3 Å². The Morgan fingerprint density at radius 2 is 1.73 bits per heavy atom. The first kappa shape index (κ1) is 24.6. The molecule has 0 spiro atoms. The number of fused-ring (bicyclic) bond motifs is 2. The van der Waals surface area contributed by atoms with E-state index in [1.54, 1.807) is 19.2 Å². The summed E-state index contributed by atoms with van der Waals surface area (Å²) in [4.78, 5) is 30.7. The van der Waals surface area contributed by atoms with E-state index in [1.807, 2.05) is 12.3 Å². The number of hydrogen-bond donors (Lipinski definition) is 1. The molecule has 6 heteroatoms. The Kier molecular flexibility index (Phi) is 6.11. The van der Waals surface area contributed by atoms with Crippen LogP contribution in [-0.2, 0) is 4.79 Å². The van der Waals surface area contributed by atoms with Gasteiger partial charge in [-0.2, -0.15) is 0 Å². The zero-order valence-corrected chi connectivity index (χ0v) is 22.4. The average molecular weight is 531 g/mol. The van der Waals surface area contributed by atoms with Gasteiger partial charge in [0.1, 0.15) is 0 Å². The molecule has 1 aliphatic carbocycles. The summed E-state index contributed by atoms with van der Waals surface area (Å²) in [6.45, 7) is 0.337. The molecule has 0 radical (unpaired) electrons. The summed E-state index contributed by atoms with van der Waals surface area (Å²) >= 11 is 0. The Labute approximate surface area is 232 Å². The highest BCUT2D eigenvalue weighted by Gasteiger charge is 2.35. The number of anilines is 1. The van der Waals surface area contributed by atoms with Gasteiger partial charge < -0.3 is 14.8 Å². The number of nitrogens with zero attached hydrogens (tertiary/aromatic N) is 1. The monoisotopic (exact) mass is 530 g/mol. The molecular formula is C34H30N2O4. The predicted molar refractivity (Wildman–Crippen MR) is 160 cm³/mol. The molecule has 1 amide bonds. The zero-order valence-electron chi connectivity index (χ0n) is 22.4. The predicted octanol–water partition coefficient (Wildman–Crippen LogP) is 7.71. The molecule has 5 aromatic rings. The van der Waals surface area contributed by atoms with Crippen molar-refractivity contribution in [2.75, 3.05) is 19.0 Å². The molecule has 7 rings (SSSR count). The minimum Gasteiger partial charge on any atom is -0.493 e. The van der Waals surface area contributed by atoms with E-state index in [-0.39, 0.29) is 23.5 Å². The minimum absolute atomic E-state index is 0.00776. The Hall–Kier alpha value is -4.45. The first-order valence-electron chi connectivity index (χ1n) is 14.0. The molecule has 1 fully saturated rings. The summed E-state index contributed by atoms with van der Waals surface area (Å²) in [5.41, 5.74) is 2.04. The highest BCUT2D eigenvalue weighted by molar-refractivity contribution is 6.25. The van der Waals surface area contributed by atoms with Gasteiger partial charge in [0, 0.05) is 47.2 Å². The van der Waals surface area contributed by atoms with Crippen LogP contribution in [0.3, 0.4) is 0 Å². The van der Waals surface area contributed by atoms with E-state index in [0.29, 0.717) is 42.2 Å². The van der Waals surface area contributed by atoms with Gasteiger partial charge in [0.15, 0.2) is 17.3 Å². The maximum atomic E-state index is 13.1. The number of carbonyl (C=O) groups is 2. The third-order valence-electron chi connectivity index (χ3n) is 8.47. The topological polar surface area (TPSA) is 77.0 Å². The van der Waals surface area contributed by atoms with Crippen LogP contribution in [0, 0.1) is 11.8 Å². The highest BCUT2D eigenvalue weighted by Crippen LogP contribution is 2.42. The summed E-state index contributed by atoms with van der Waals surface area (Å²) in [6.07, 6.45) is 5.75. The zero-order chi connectivity index (χ0) is 27.2. The Bertz CT molecular complexity index is 1790. The first-order valence-corrected chi connectivity index (χ1v) is 14.0. The fourth-order valence-electron chi connectivity index (χ4n) is 6.47. The van der Waals surface area contributed by atoms with Gasteiger partial charge in [-0.05, 0) is 58.3 Å². The van der Waals surface area contributed by atoms with Gasteiger partial charge in [-0.3, -0.25) is 14.6 Å². The van der Waals surface area contributed by atoms with Crippen molar-refractivity contribution < 1.29 is 19.1 Å². The molecule has 0 aromatic heterocycles. The normalized spacial score (nSPS) is 18.2. The fraction of sp³-hybridized carbons (Fsp3) is 0.265. The number of carbonyl (C=O) groups excluding carboxylic acids is 2. The van der Waals surface area contributed by atoms with E-state index in [4.69, 9.17) is 9.47 Å². The van der Waals surface area contributed by atoms with Crippen LogP contribution < -0.4 is 14.8 Å². The second-order valence-corrected chi connectivity index (χ2v) is 10.8. The number of ketones is 1. The van der Waals surface area contributed by atoms with Crippen molar-refractivity contribution in [1.29, 1.82) is 0 Å². The van der Waals surface area contributed by atoms with Gasteiger partial charge in [-0.15, -0.1) is 0 Å². The molecule has 2 atom stereocenters. The molecule has 1 aliphatic heterocycles. The van der Waals surface area contributed by atoms with Crippen LogP contribution in [0.2, 0.25) is 0 Å². The highest BCUT2D eigenvalue weighted by atomic mass is 16.5. The lowest BCUT2D eigenvalue weighted by Crippen LogP contribution is -2.18. The van der Waals surface area contributed by atoms with Crippen LogP contribution in [0.1, 0.15) is 42.5 Å². The van der Waals surface area contributed by atoms with Crippen molar-refractivity contribution in [2.45, 2.75) is 32.1 Å². The second-order valence-electron chi connectivity index (χ2n) is 10.8. The van der Waals surface area contributed by atoms with E-state index >= 15 is 0 Å². The number of ether oxygens (including phenoxy) is 2. The first-order chi connectivity index (χ1) is 19.6. The fourth-order valence-corrected chi connectivity index (χ4v) is 6.47. The van der Waals surface area contributed by atoms with Crippen molar-refractivity contribution in [3.63, 3.8) is 0 Å². The summed E-state index contributed by atoms with van der Waals surface area (Å²) in [7, 11) is 1.57. The number of Topliss-reactive ketones (excluding diaryl/α,β-unsaturated/α-hetero) is 1. The number of aliphatic imine (C=N–C) groups is 1. The molecule has 0 saturated heterocycles. The van der Waals surface area contributed by atoms with Crippen molar-refractivity contribution in [1.82, 2.24) is 0 Å². The number of amides is 1. The second kappa shape index (κ2) is 9.94. The van der Waals surface area contributed by atoms with E-state index < -0.39 is 0 Å². The lowest BCUT2D eigenvalue weighted by molar-refractivity contribution is -0.116. The maximum absolute atomic E-state index is 13.1. The molecule has 2 aliphatic rings. The molecule has 1 heterocycles. The van der Waals surface area contributed by atoms with Gasteiger partial charge in [0.05, 0.1) is 19.4 Å². The van der Waals surface area contributed by atoms with Crippen molar-refractivity contribution in [2.24, 2.45) is 16.8 Å². The number of methoxy groups -OCH3 is 1. The summed E-state index contributed by atoms with van der Waals surface area (Å²) < 4.78 is 11.6. The van der Waals surface area contributed by atoms with E-state index in [9.17, 15) is 9.59 Å². The molecule has 5 aromatic carbocycles. The summed E-state index contributed by atoms with van der Waals surface area (Å²) in [5, 5.41) is 10.1. The molecule has 1 saturated carbocycles. The largest absolute Gasteiger partial charge is 0.493 e. The average Bonchev–Trinajstić information content (AvgIpc) is 3.41. The molecule has 40 heavy (non-hydrogen) atoms. The Morgan fingerprint density at radius 1 is 0.950 bits per heavy atom. The molecule has 200 valence electrons. The molecule has 6 nitrogen and oxygen atoms in total. The minimum atomic E-state index is -0.0609. The number of nitrogens with one attached hydrogen (secondary N) is 1. The van der Waals surface area contributed by atoms with E-state index in [2.05, 4.69) is 58.8 Å². The molecule has 0 bridgehead atoms. The molecular weight excluding hydrogens is 500 g/mol. The van der Waals surface area contributed by atoms with Gasteiger partial charge in [0.25, 0.3) is 0 Å². The van der Waals surface area contributed by atoms with Crippen LogP contribution in [0.15, 0.2) is 71.7 Å². The number of benzene rings is 5. The molecule has 2 unspecified atom stereocenters. The lowest BCUT2D eigenvalue weighted by Gasteiger charge is -2.16. The van der Waals surface area contributed by atoms with Gasteiger partial charge in [0.2, 0.25) is 5.91 Å². The van der Waals surface area contributed by atoms with Crippen molar-refractivity contribution in [3.8, 4) is 11.5 Å². The Balaban J connectivity index is 1.03. The summed E-state index contributed by atoms with van der Waals surface area (Å²) in [5.74, 6) is 1.34. The van der Waals surface area contributed by atoms with Crippen molar-refractivity contribution >= 4 is 61.6 Å². The van der Waals surface area contributed by atoms with Gasteiger partial charge in [-0.25, -0.2) is 0 Å². The van der Waals surface area contributed by atoms with Crippen LogP contribution in [0.4, 0.5) is 11.4 Å². The van der Waals surface area contributed by atoms with Crippen molar-refractivity contribution in [3.05, 3.63) is 72.3 Å². The van der Waals surface area contributed by atoms with Gasteiger partial charge >= 0.3 is 0 Å². The quantitative estimate of drug-likeness (QED) is 0.173. The lowest BCUT2D eigenvalue weighted by atomic mass is 9.89. The summed E-state index contributed by atoms with van der Waals surface area (Å²) in [6, 6.07) is 22.4. The van der Waals surface area contributed by atoms with E-state index in [0.717, 1.165) is 35.7 Å².